The average Bonchev–Trinajstić information content (AvgIpc) is 2.78. The van der Waals surface area contributed by atoms with E-state index in [-0.39, 0.29) is 22.6 Å². The molecule has 1 N–H and O–H groups in total. The molecule has 1 aliphatic rings. The van der Waals surface area contributed by atoms with E-state index in [1.54, 1.807) is 36.4 Å². The molecule has 0 unspecified atom stereocenters. The SMILES string of the molecule is COC(=O)c1ccccc1NC(=O)/C(C#N)=C\N1CCN(c2ccccc2F)CC1. The number of carbonyl (C=O) groups excluding carboxylic acids is 2. The van der Waals surface area contributed by atoms with Gasteiger partial charge in [0.15, 0.2) is 0 Å². The van der Waals surface area contributed by atoms with Crippen molar-refractivity contribution < 1.29 is 18.7 Å². The molecular weight excluding hydrogens is 387 g/mol. The number of amides is 1. The summed E-state index contributed by atoms with van der Waals surface area (Å²) in [4.78, 5) is 28.2. The first kappa shape index (κ1) is 20.9. The summed E-state index contributed by atoms with van der Waals surface area (Å²) in [6, 6.07) is 14.9. The number of piperazine rings is 1. The van der Waals surface area contributed by atoms with E-state index in [4.69, 9.17) is 4.74 Å². The number of esters is 1. The van der Waals surface area contributed by atoms with Crippen LogP contribution in [0.15, 0.2) is 60.3 Å². The van der Waals surface area contributed by atoms with Gasteiger partial charge in [0.2, 0.25) is 0 Å². The van der Waals surface area contributed by atoms with Crippen LogP contribution in [0.25, 0.3) is 0 Å². The molecule has 0 bridgehead atoms. The molecule has 1 fully saturated rings. The van der Waals surface area contributed by atoms with Crippen LogP contribution in [0.4, 0.5) is 15.8 Å². The van der Waals surface area contributed by atoms with E-state index in [9.17, 15) is 19.2 Å². The zero-order valence-corrected chi connectivity index (χ0v) is 16.5. The van der Waals surface area contributed by atoms with Gasteiger partial charge >= 0.3 is 5.97 Å². The van der Waals surface area contributed by atoms with Gasteiger partial charge in [-0.3, -0.25) is 4.79 Å². The molecule has 2 aromatic carbocycles. The van der Waals surface area contributed by atoms with Gasteiger partial charge < -0.3 is 19.9 Å². The number of anilines is 2. The van der Waals surface area contributed by atoms with Crippen molar-refractivity contribution in [3.05, 3.63) is 71.7 Å². The molecule has 1 saturated heterocycles. The van der Waals surface area contributed by atoms with Crippen LogP contribution in [-0.2, 0) is 9.53 Å². The molecule has 1 amide bonds. The van der Waals surface area contributed by atoms with Gasteiger partial charge in [0.25, 0.3) is 5.91 Å². The van der Waals surface area contributed by atoms with Crippen molar-refractivity contribution in [1.29, 1.82) is 5.26 Å². The number of halogens is 1. The minimum atomic E-state index is -0.620. The maximum absolute atomic E-state index is 14.0. The first-order valence-corrected chi connectivity index (χ1v) is 9.37. The van der Waals surface area contributed by atoms with Crippen molar-refractivity contribution in [3.63, 3.8) is 0 Å². The number of carbonyl (C=O) groups is 2. The maximum atomic E-state index is 14.0. The standard InChI is InChI=1S/C22H21FN4O3/c1-30-22(29)17-6-2-4-8-19(17)25-21(28)16(14-24)15-26-10-12-27(13-11-26)20-9-5-3-7-18(20)23/h2-9,15H,10-13H2,1H3,(H,25,28)/b16-15-. The van der Waals surface area contributed by atoms with Crippen molar-refractivity contribution in [2.45, 2.75) is 0 Å². The van der Waals surface area contributed by atoms with E-state index in [1.807, 2.05) is 15.9 Å². The van der Waals surface area contributed by atoms with E-state index >= 15 is 0 Å². The molecule has 30 heavy (non-hydrogen) atoms. The third-order valence-electron chi connectivity index (χ3n) is 4.76. The minimum Gasteiger partial charge on any atom is -0.465 e. The number of benzene rings is 2. The molecule has 2 aromatic rings. The van der Waals surface area contributed by atoms with Gasteiger partial charge in [-0.05, 0) is 24.3 Å². The van der Waals surface area contributed by atoms with Crippen molar-refractivity contribution in [3.8, 4) is 6.07 Å². The Morgan fingerprint density at radius 2 is 1.77 bits per heavy atom. The van der Waals surface area contributed by atoms with Crippen molar-refractivity contribution in [2.75, 3.05) is 43.5 Å². The second-order valence-corrected chi connectivity index (χ2v) is 6.62. The van der Waals surface area contributed by atoms with E-state index in [2.05, 4.69) is 5.32 Å². The van der Waals surface area contributed by atoms with Crippen molar-refractivity contribution in [2.24, 2.45) is 0 Å². The van der Waals surface area contributed by atoms with Crippen molar-refractivity contribution in [1.82, 2.24) is 4.90 Å². The summed E-state index contributed by atoms with van der Waals surface area (Å²) in [5.74, 6) is -1.48. The third kappa shape index (κ3) is 4.75. The van der Waals surface area contributed by atoms with Crippen molar-refractivity contribution >= 4 is 23.3 Å². The highest BCUT2D eigenvalue weighted by molar-refractivity contribution is 6.09. The molecular formula is C22H21FN4O3. The summed E-state index contributed by atoms with van der Waals surface area (Å²) in [5, 5.41) is 12.0. The number of hydrogen-bond acceptors (Lipinski definition) is 6. The summed E-state index contributed by atoms with van der Waals surface area (Å²) in [6.07, 6.45) is 1.49. The predicted molar refractivity (Wildman–Crippen MR) is 110 cm³/mol. The first-order valence-electron chi connectivity index (χ1n) is 9.37. The topological polar surface area (TPSA) is 85.7 Å². The largest absolute Gasteiger partial charge is 0.465 e. The van der Waals surface area contributed by atoms with E-state index in [0.29, 0.717) is 31.9 Å². The number of hydrogen-bond donors (Lipinski definition) is 1. The fourth-order valence-corrected chi connectivity index (χ4v) is 3.19. The van der Waals surface area contributed by atoms with Crippen LogP contribution >= 0.6 is 0 Å². The monoisotopic (exact) mass is 408 g/mol. The molecule has 8 heteroatoms. The Balaban J connectivity index is 1.67. The summed E-state index contributed by atoms with van der Waals surface area (Å²) < 4.78 is 18.7. The Bertz CT molecular complexity index is 1010. The summed E-state index contributed by atoms with van der Waals surface area (Å²) in [7, 11) is 1.25. The fourth-order valence-electron chi connectivity index (χ4n) is 3.19. The number of rotatable bonds is 5. The lowest BCUT2D eigenvalue weighted by Crippen LogP contribution is -2.44. The molecule has 0 spiro atoms. The highest BCUT2D eigenvalue weighted by atomic mass is 19.1. The summed E-state index contributed by atoms with van der Waals surface area (Å²) in [6.45, 7) is 2.18. The lowest BCUT2D eigenvalue weighted by atomic mass is 10.1. The van der Waals surface area contributed by atoms with Crippen LogP contribution in [-0.4, -0.2) is 50.1 Å². The van der Waals surface area contributed by atoms with Crippen LogP contribution in [0.2, 0.25) is 0 Å². The first-order chi connectivity index (χ1) is 14.5. The number of nitrogens with one attached hydrogen (secondary N) is 1. The Kier molecular flexibility index (Phi) is 6.65. The summed E-state index contributed by atoms with van der Waals surface area (Å²) >= 11 is 0. The number of ether oxygens (including phenoxy) is 1. The molecule has 0 aromatic heterocycles. The minimum absolute atomic E-state index is 0.0889. The van der Waals surface area contributed by atoms with Gasteiger partial charge in [0, 0.05) is 32.4 Å². The molecule has 0 atom stereocenters. The molecule has 154 valence electrons. The molecule has 7 nitrogen and oxygen atoms in total. The van der Waals surface area contributed by atoms with Gasteiger partial charge in [-0.2, -0.15) is 5.26 Å². The number of para-hydroxylation sites is 2. The molecule has 1 aliphatic heterocycles. The van der Waals surface area contributed by atoms with Gasteiger partial charge in [-0.1, -0.05) is 24.3 Å². The highest BCUT2D eigenvalue weighted by Crippen LogP contribution is 2.21. The Morgan fingerprint density at radius 1 is 1.10 bits per heavy atom. The van der Waals surface area contributed by atoms with E-state index < -0.39 is 11.9 Å². The maximum Gasteiger partial charge on any atom is 0.339 e. The molecule has 3 rings (SSSR count). The Hall–Kier alpha value is -3.86. The normalized spacial score (nSPS) is 14.1. The van der Waals surface area contributed by atoms with E-state index in [1.165, 1.54) is 25.4 Å². The van der Waals surface area contributed by atoms with Crippen LogP contribution in [0.3, 0.4) is 0 Å². The van der Waals surface area contributed by atoms with Crippen LogP contribution in [0.1, 0.15) is 10.4 Å². The quantitative estimate of drug-likeness (QED) is 0.465. The van der Waals surface area contributed by atoms with Crippen LogP contribution in [0.5, 0.6) is 0 Å². The van der Waals surface area contributed by atoms with Gasteiger partial charge in [0.05, 0.1) is 24.0 Å². The lowest BCUT2D eigenvalue weighted by Gasteiger charge is -2.35. The van der Waals surface area contributed by atoms with E-state index in [0.717, 1.165) is 0 Å². The molecule has 0 saturated carbocycles. The Morgan fingerprint density at radius 3 is 2.43 bits per heavy atom. The second-order valence-electron chi connectivity index (χ2n) is 6.62. The second kappa shape index (κ2) is 9.56. The zero-order valence-electron chi connectivity index (χ0n) is 16.5. The molecule has 0 radical (unpaired) electrons. The smallest absolute Gasteiger partial charge is 0.339 e. The zero-order chi connectivity index (χ0) is 21.5. The van der Waals surface area contributed by atoms with Gasteiger partial charge in [-0.25, -0.2) is 9.18 Å². The van der Waals surface area contributed by atoms with Gasteiger partial charge in [0.1, 0.15) is 17.5 Å². The highest BCUT2D eigenvalue weighted by Gasteiger charge is 2.20. The fraction of sp³-hybridized carbons (Fsp3) is 0.227. The molecule has 1 heterocycles. The lowest BCUT2D eigenvalue weighted by molar-refractivity contribution is -0.112. The van der Waals surface area contributed by atoms with Crippen LogP contribution in [0, 0.1) is 17.1 Å². The molecule has 0 aliphatic carbocycles. The van der Waals surface area contributed by atoms with Gasteiger partial charge in [-0.15, -0.1) is 0 Å². The third-order valence-corrected chi connectivity index (χ3v) is 4.76. The Labute approximate surface area is 174 Å². The predicted octanol–water partition coefficient (Wildman–Crippen LogP) is 2.78. The number of nitriles is 1. The average molecular weight is 408 g/mol. The number of nitrogens with zero attached hydrogens (tertiary/aromatic N) is 3. The van der Waals surface area contributed by atoms with Crippen LogP contribution < -0.4 is 10.2 Å². The number of methoxy groups -OCH3 is 1. The summed E-state index contributed by atoms with van der Waals surface area (Å²) in [5.41, 5.74) is 0.914.